The maximum Gasteiger partial charge on any atom is 0.166 e. The minimum absolute atomic E-state index is 0.427. The third-order valence-electron chi connectivity index (χ3n) is 2.88. The van der Waals surface area contributed by atoms with Crippen LogP contribution in [-0.4, -0.2) is 18.6 Å². The van der Waals surface area contributed by atoms with Crippen molar-refractivity contribution in [1.29, 1.82) is 0 Å². The second-order valence-corrected chi connectivity index (χ2v) is 5.90. The third-order valence-corrected chi connectivity index (χ3v) is 3.85. The zero-order chi connectivity index (χ0) is 15.1. The summed E-state index contributed by atoms with van der Waals surface area (Å²) in [5.41, 5.74) is 0.990. The van der Waals surface area contributed by atoms with Gasteiger partial charge in [0.1, 0.15) is 11.6 Å². The Hall–Kier alpha value is -1.30. The molecule has 2 rings (SSSR count). The predicted octanol–water partition coefficient (Wildman–Crippen LogP) is 3.88. The van der Waals surface area contributed by atoms with Crippen LogP contribution in [0, 0.1) is 0 Å². The molecule has 0 aliphatic rings. The molecule has 1 N–H and O–H groups in total. The number of halogens is 1. The summed E-state index contributed by atoms with van der Waals surface area (Å²) in [6, 6.07) is 3.67. The van der Waals surface area contributed by atoms with Crippen molar-refractivity contribution < 1.29 is 9.47 Å². The van der Waals surface area contributed by atoms with Gasteiger partial charge in [-0.1, -0.05) is 18.5 Å². The smallest absolute Gasteiger partial charge is 0.166 e. The molecule has 0 spiro atoms. The van der Waals surface area contributed by atoms with Gasteiger partial charge in [-0.3, -0.25) is 0 Å². The van der Waals surface area contributed by atoms with Gasteiger partial charge in [0.15, 0.2) is 11.5 Å². The van der Waals surface area contributed by atoms with Gasteiger partial charge in [-0.2, -0.15) is 0 Å². The largest absolute Gasteiger partial charge is 0.493 e. The first kappa shape index (κ1) is 16.1. The van der Waals surface area contributed by atoms with E-state index in [0.717, 1.165) is 29.3 Å². The van der Waals surface area contributed by atoms with Gasteiger partial charge in [0.25, 0.3) is 0 Å². The van der Waals surface area contributed by atoms with Crippen LogP contribution in [0.3, 0.4) is 0 Å². The molecule has 0 saturated heterocycles. The summed E-state index contributed by atoms with van der Waals surface area (Å²) >= 11 is 7.71. The van der Waals surface area contributed by atoms with E-state index < -0.39 is 0 Å². The highest BCUT2D eigenvalue weighted by Crippen LogP contribution is 2.35. The Morgan fingerprint density at radius 1 is 1.38 bits per heavy atom. The number of nitrogens with zero attached hydrogens (tertiary/aromatic N) is 1. The molecule has 21 heavy (non-hydrogen) atoms. The maximum absolute atomic E-state index is 6.14. The van der Waals surface area contributed by atoms with Gasteiger partial charge < -0.3 is 14.8 Å². The number of nitrogens with one attached hydrogen (secondary N) is 1. The lowest BCUT2D eigenvalue weighted by molar-refractivity contribution is 0.280. The summed E-state index contributed by atoms with van der Waals surface area (Å²) in [4.78, 5) is 4.22. The second kappa shape index (κ2) is 8.22. The van der Waals surface area contributed by atoms with Gasteiger partial charge in [-0.25, -0.2) is 4.98 Å². The van der Waals surface area contributed by atoms with Crippen LogP contribution in [0.15, 0.2) is 23.7 Å². The van der Waals surface area contributed by atoms with Crippen LogP contribution >= 0.6 is 22.9 Å². The first-order chi connectivity index (χ1) is 10.2. The Balaban J connectivity index is 2.17. The fourth-order valence-electron chi connectivity index (χ4n) is 1.93. The second-order valence-electron chi connectivity index (χ2n) is 4.49. The topological polar surface area (TPSA) is 43.4 Å². The van der Waals surface area contributed by atoms with Gasteiger partial charge in [0, 0.05) is 34.8 Å². The van der Waals surface area contributed by atoms with Crippen molar-refractivity contribution in [2.24, 2.45) is 0 Å². The monoisotopic (exact) mass is 326 g/mol. The summed E-state index contributed by atoms with van der Waals surface area (Å²) in [7, 11) is 1.62. The Morgan fingerprint density at radius 2 is 2.24 bits per heavy atom. The zero-order valence-corrected chi connectivity index (χ0v) is 13.8. The van der Waals surface area contributed by atoms with Crippen LogP contribution in [0.4, 0.5) is 0 Å². The average molecular weight is 327 g/mol. The molecule has 0 bridgehead atoms. The van der Waals surface area contributed by atoms with Gasteiger partial charge in [0.05, 0.1) is 7.11 Å². The highest BCUT2D eigenvalue weighted by atomic mass is 35.5. The van der Waals surface area contributed by atoms with E-state index in [0.29, 0.717) is 23.9 Å². The van der Waals surface area contributed by atoms with E-state index in [1.807, 2.05) is 11.4 Å². The minimum Gasteiger partial charge on any atom is -0.493 e. The quantitative estimate of drug-likeness (QED) is 0.747. The first-order valence-electron chi connectivity index (χ1n) is 6.83. The number of aromatic nitrogens is 1. The lowest BCUT2D eigenvalue weighted by Gasteiger charge is -2.15. The molecule has 0 saturated carbocycles. The molecule has 0 aliphatic heterocycles. The number of hydrogen-bond donors (Lipinski definition) is 1. The summed E-state index contributed by atoms with van der Waals surface area (Å²) in [6.07, 6.45) is 2.85. The van der Waals surface area contributed by atoms with Crippen LogP contribution in [-0.2, 0) is 13.2 Å². The molecule has 1 heterocycles. The van der Waals surface area contributed by atoms with E-state index >= 15 is 0 Å². The minimum atomic E-state index is 0.427. The summed E-state index contributed by atoms with van der Waals surface area (Å²) in [5.74, 6) is 1.37. The number of thiazole rings is 1. The molecule has 0 amide bonds. The van der Waals surface area contributed by atoms with Crippen LogP contribution < -0.4 is 14.8 Å². The summed E-state index contributed by atoms with van der Waals surface area (Å²) in [6.45, 7) is 4.20. The van der Waals surface area contributed by atoms with E-state index in [1.54, 1.807) is 30.7 Å². The van der Waals surface area contributed by atoms with Gasteiger partial charge in [-0.15, -0.1) is 11.3 Å². The lowest BCUT2D eigenvalue weighted by Crippen LogP contribution is -2.15. The molecular formula is C15H19ClN2O2S. The van der Waals surface area contributed by atoms with E-state index in [4.69, 9.17) is 21.1 Å². The van der Waals surface area contributed by atoms with Crippen LogP contribution in [0.5, 0.6) is 11.5 Å². The Kier molecular flexibility index (Phi) is 6.29. The molecule has 0 aliphatic carbocycles. The molecule has 2 aromatic rings. The zero-order valence-electron chi connectivity index (χ0n) is 12.2. The number of ether oxygens (including phenoxy) is 2. The number of rotatable bonds is 8. The fraction of sp³-hybridized carbons (Fsp3) is 0.400. The molecule has 0 fully saturated rings. The highest BCUT2D eigenvalue weighted by Gasteiger charge is 2.13. The van der Waals surface area contributed by atoms with Crippen molar-refractivity contribution >= 4 is 22.9 Å². The van der Waals surface area contributed by atoms with Crippen molar-refractivity contribution in [3.05, 3.63) is 39.3 Å². The average Bonchev–Trinajstić information content (AvgIpc) is 2.99. The van der Waals surface area contributed by atoms with Crippen molar-refractivity contribution in [3.63, 3.8) is 0 Å². The van der Waals surface area contributed by atoms with E-state index in [-0.39, 0.29) is 0 Å². The van der Waals surface area contributed by atoms with Crippen molar-refractivity contribution in [3.8, 4) is 11.5 Å². The third kappa shape index (κ3) is 4.59. The maximum atomic E-state index is 6.14. The molecule has 1 aromatic heterocycles. The van der Waals surface area contributed by atoms with Crippen LogP contribution in [0.25, 0.3) is 0 Å². The number of hydrogen-bond acceptors (Lipinski definition) is 5. The van der Waals surface area contributed by atoms with E-state index in [9.17, 15) is 0 Å². The Morgan fingerprint density at radius 3 is 2.90 bits per heavy atom. The lowest BCUT2D eigenvalue weighted by atomic mass is 10.1. The van der Waals surface area contributed by atoms with Crippen molar-refractivity contribution in [2.75, 3.05) is 13.7 Å². The molecule has 6 heteroatoms. The van der Waals surface area contributed by atoms with Crippen molar-refractivity contribution in [1.82, 2.24) is 10.3 Å². The molecule has 4 nitrogen and oxygen atoms in total. The molecule has 1 aromatic carbocycles. The van der Waals surface area contributed by atoms with E-state index in [2.05, 4.69) is 17.2 Å². The standard InChI is InChI=1S/C15H19ClN2O2S/c1-3-4-17-9-11-7-12(16)8-13(19-2)15(11)20-10-14-18-5-6-21-14/h5-8,17H,3-4,9-10H2,1-2H3. The molecular weight excluding hydrogens is 308 g/mol. The first-order valence-corrected chi connectivity index (χ1v) is 8.08. The van der Waals surface area contributed by atoms with Crippen molar-refractivity contribution in [2.45, 2.75) is 26.5 Å². The van der Waals surface area contributed by atoms with Crippen LogP contribution in [0.1, 0.15) is 23.9 Å². The Bertz CT molecular complexity index is 561. The summed E-state index contributed by atoms with van der Waals surface area (Å²) < 4.78 is 11.3. The van der Waals surface area contributed by atoms with Gasteiger partial charge in [0.2, 0.25) is 0 Å². The van der Waals surface area contributed by atoms with Crippen LogP contribution in [0.2, 0.25) is 5.02 Å². The molecule has 114 valence electrons. The van der Waals surface area contributed by atoms with Gasteiger partial charge >= 0.3 is 0 Å². The summed E-state index contributed by atoms with van der Waals surface area (Å²) in [5, 5.41) is 6.86. The molecule has 0 unspecified atom stereocenters. The Labute approximate surface area is 134 Å². The van der Waals surface area contributed by atoms with Gasteiger partial charge in [-0.05, 0) is 19.0 Å². The highest BCUT2D eigenvalue weighted by molar-refractivity contribution is 7.09. The molecule has 0 atom stereocenters. The molecule has 0 radical (unpaired) electrons. The SMILES string of the molecule is CCCNCc1cc(Cl)cc(OC)c1OCc1nccs1. The fourth-order valence-corrected chi connectivity index (χ4v) is 2.69. The number of methoxy groups -OCH3 is 1. The van der Waals surface area contributed by atoms with E-state index in [1.165, 1.54) is 0 Å². The normalized spacial score (nSPS) is 10.6. The number of benzene rings is 1. The predicted molar refractivity (Wildman–Crippen MR) is 86.4 cm³/mol.